The van der Waals surface area contributed by atoms with Crippen molar-refractivity contribution in [2.24, 2.45) is 0 Å². The number of rotatable bonds is 6. The molecule has 2 aromatic carbocycles. The topological polar surface area (TPSA) is 69.7 Å². The van der Waals surface area contributed by atoms with Crippen molar-refractivity contribution >= 4 is 23.1 Å². The molecule has 0 radical (unpaired) electrons. The van der Waals surface area contributed by atoms with Crippen molar-refractivity contribution < 1.29 is 19.0 Å². The Hall–Kier alpha value is -3.06. The number of carbonyl (C=O) groups is 1. The average Bonchev–Trinajstić information content (AvgIpc) is 3.15. The molecule has 0 aliphatic heterocycles. The van der Waals surface area contributed by atoms with Crippen molar-refractivity contribution in [2.45, 2.75) is 0 Å². The summed E-state index contributed by atoms with van der Waals surface area (Å²) < 4.78 is 15.8. The molecule has 26 heavy (non-hydrogen) atoms. The van der Waals surface area contributed by atoms with Crippen molar-refractivity contribution in [3.8, 4) is 27.8 Å². The van der Waals surface area contributed by atoms with E-state index in [0.29, 0.717) is 28.6 Å². The summed E-state index contributed by atoms with van der Waals surface area (Å²) in [5, 5.41) is 5.44. The number of methoxy groups -OCH3 is 3. The van der Waals surface area contributed by atoms with Gasteiger partial charge in [-0.05, 0) is 12.1 Å². The first-order valence-corrected chi connectivity index (χ1v) is 8.66. The van der Waals surface area contributed by atoms with E-state index in [1.165, 1.54) is 32.7 Å². The van der Waals surface area contributed by atoms with E-state index in [4.69, 9.17) is 14.2 Å². The maximum atomic E-state index is 12.6. The zero-order valence-electron chi connectivity index (χ0n) is 14.6. The molecule has 0 saturated heterocycles. The van der Waals surface area contributed by atoms with Gasteiger partial charge in [0.15, 0.2) is 11.5 Å². The third-order valence-corrected chi connectivity index (χ3v) is 4.58. The van der Waals surface area contributed by atoms with Gasteiger partial charge in [-0.25, -0.2) is 4.98 Å². The molecule has 1 aromatic heterocycles. The van der Waals surface area contributed by atoms with Crippen molar-refractivity contribution in [1.29, 1.82) is 0 Å². The monoisotopic (exact) mass is 370 g/mol. The van der Waals surface area contributed by atoms with Crippen molar-refractivity contribution in [2.75, 3.05) is 26.6 Å². The number of hydrogen-bond acceptors (Lipinski definition) is 6. The predicted molar refractivity (Wildman–Crippen MR) is 102 cm³/mol. The van der Waals surface area contributed by atoms with Crippen LogP contribution in [-0.2, 0) is 0 Å². The third kappa shape index (κ3) is 3.62. The van der Waals surface area contributed by atoms with E-state index in [1.54, 1.807) is 17.5 Å². The Balaban J connectivity index is 1.83. The van der Waals surface area contributed by atoms with Crippen LogP contribution in [0.3, 0.4) is 0 Å². The van der Waals surface area contributed by atoms with Crippen molar-refractivity contribution in [1.82, 2.24) is 4.98 Å². The molecule has 3 aromatic rings. The summed E-state index contributed by atoms with van der Waals surface area (Å²) in [6.45, 7) is 0. The first-order valence-electron chi connectivity index (χ1n) is 7.78. The molecule has 0 spiro atoms. The number of nitrogens with one attached hydrogen (secondary N) is 1. The van der Waals surface area contributed by atoms with Crippen molar-refractivity contribution in [3.63, 3.8) is 0 Å². The Kier molecular flexibility index (Phi) is 5.38. The van der Waals surface area contributed by atoms with Crippen LogP contribution in [0, 0.1) is 0 Å². The molecule has 0 bridgehead atoms. The minimum atomic E-state index is -0.311. The maximum Gasteiger partial charge on any atom is 0.257 e. The predicted octanol–water partition coefficient (Wildman–Crippen LogP) is 4.09. The highest BCUT2D eigenvalue weighted by Crippen LogP contribution is 2.38. The zero-order chi connectivity index (χ0) is 18.5. The van der Waals surface area contributed by atoms with Crippen LogP contribution in [0.2, 0.25) is 0 Å². The van der Waals surface area contributed by atoms with Gasteiger partial charge < -0.3 is 19.5 Å². The summed E-state index contributed by atoms with van der Waals surface area (Å²) in [7, 11) is 4.53. The Labute approximate surface area is 155 Å². The fourth-order valence-electron chi connectivity index (χ4n) is 2.45. The number of aromatic nitrogens is 1. The van der Waals surface area contributed by atoms with Crippen molar-refractivity contribution in [3.05, 3.63) is 53.4 Å². The first kappa shape index (κ1) is 17.8. The van der Waals surface area contributed by atoms with Gasteiger partial charge in [-0.15, -0.1) is 11.3 Å². The molecule has 7 heteroatoms. The number of anilines is 1. The van der Waals surface area contributed by atoms with Crippen LogP contribution in [0.15, 0.2) is 47.8 Å². The van der Waals surface area contributed by atoms with E-state index < -0.39 is 0 Å². The highest BCUT2D eigenvalue weighted by molar-refractivity contribution is 7.13. The van der Waals surface area contributed by atoms with Gasteiger partial charge in [0, 0.05) is 16.5 Å². The average molecular weight is 370 g/mol. The van der Waals surface area contributed by atoms with Crippen LogP contribution in [0.1, 0.15) is 10.4 Å². The molecule has 0 fully saturated rings. The molecule has 0 aliphatic carbocycles. The Morgan fingerprint density at radius 1 is 1.00 bits per heavy atom. The number of ether oxygens (including phenoxy) is 3. The summed E-state index contributed by atoms with van der Waals surface area (Å²) in [6.07, 6.45) is 0. The van der Waals surface area contributed by atoms with Crippen LogP contribution in [-0.4, -0.2) is 32.2 Å². The molecule has 134 valence electrons. The molecule has 0 aliphatic rings. The summed E-state index contributed by atoms with van der Waals surface area (Å²) in [5.41, 5.74) is 1.39. The second kappa shape index (κ2) is 7.88. The first-order chi connectivity index (χ1) is 12.7. The zero-order valence-corrected chi connectivity index (χ0v) is 15.4. The molecule has 0 saturated carbocycles. The standard InChI is InChI=1S/C19H18N2O4S/c1-23-14-9-13(10-15(24-2)17(14)25-3)18(22)20-16-11-26-19(21-16)12-7-5-4-6-8-12/h4-11H,1-3H3,(H,20,22). The van der Waals surface area contributed by atoms with E-state index in [2.05, 4.69) is 10.3 Å². The number of carbonyl (C=O) groups excluding carboxylic acids is 1. The van der Waals surface area contributed by atoms with Crippen LogP contribution >= 0.6 is 11.3 Å². The van der Waals surface area contributed by atoms with Crippen LogP contribution in [0.5, 0.6) is 17.2 Å². The summed E-state index contributed by atoms with van der Waals surface area (Å²) in [4.78, 5) is 17.1. The van der Waals surface area contributed by atoms with Crippen LogP contribution in [0.25, 0.3) is 10.6 Å². The van der Waals surface area contributed by atoms with Gasteiger partial charge in [-0.1, -0.05) is 30.3 Å². The lowest BCUT2D eigenvalue weighted by Crippen LogP contribution is -2.13. The van der Waals surface area contributed by atoms with E-state index >= 15 is 0 Å². The van der Waals surface area contributed by atoms with Crippen LogP contribution in [0.4, 0.5) is 5.82 Å². The van der Waals surface area contributed by atoms with Gasteiger partial charge in [-0.3, -0.25) is 4.79 Å². The molecule has 0 unspecified atom stereocenters. The number of nitrogens with zero attached hydrogens (tertiary/aromatic N) is 1. The van der Waals surface area contributed by atoms with E-state index in [9.17, 15) is 4.79 Å². The minimum absolute atomic E-state index is 0.311. The van der Waals surface area contributed by atoms with Gasteiger partial charge in [0.25, 0.3) is 5.91 Å². The molecule has 1 N–H and O–H groups in total. The lowest BCUT2D eigenvalue weighted by Gasteiger charge is -2.13. The Morgan fingerprint density at radius 3 is 2.23 bits per heavy atom. The lowest BCUT2D eigenvalue weighted by atomic mass is 10.1. The summed E-state index contributed by atoms with van der Waals surface area (Å²) in [5.74, 6) is 1.45. The Morgan fingerprint density at radius 2 is 1.65 bits per heavy atom. The highest BCUT2D eigenvalue weighted by Gasteiger charge is 2.18. The smallest absolute Gasteiger partial charge is 0.257 e. The third-order valence-electron chi connectivity index (χ3n) is 3.69. The molecule has 3 rings (SSSR count). The van der Waals surface area contributed by atoms with Gasteiger partial charge in [-0.2, -0.15) is 0 Å². The molecule has 0 atom stereocenters. The minimum Gasteiger partial charge on any atom is -0.493 e. The second-order valence-electron chi connectivity index (χ2n) is 5.27. The number of thiazole rings is 1. The highest BCUT2D eigenvalue weighted by atomic mass is 32.1. The second-order valence-corrected chi connectivity index (χ2v) is 6.13. The lowest BCUT2D eigenvalue weighted by molar-refractivity contribution is 0.102. The van der Waals surface area contributed by atoms with Gasteiger partial charge in [0.2, 0.25) is 5.75 Å². The largest absolute Gasteiger partial charge is 0.493 e. The van der Waals surface area contributed by atoms with Gasteiger partial charge in [0.1, 0.15) is 10.8 Å². The molecule has 6 nitrogen and oxygen atoms in total. The molecular formula is C19H18N2O4S. The number of benzene rings is 2. The number of amides is 1. The van der Waals surface area contributed by atoms with Crippen LogP contribution < -0.4 is 19.5 Å². The summed E-state index contributed by atoms with van der Waals surface area (Å²) in [6, 6.07) is 13.0. The SMILES string of the molecule is COc1cc(C(=O)Nc2csc(-c3ccccc3)n2)cc(OC)c1OC. The fraction of sp³-hybridized carbons (Fsp3) is 0.158. The Bertz CT molecular complexity index is 884. The van der Waals surface area contributed by atoms with Gasteiger partial charge in [0.05, 0.1) is 21.3 Å². The molecule has 1 amide bonds. The summed E-state index contributed by atoms with van der Waals surface area (Å²) >= 11 is 1.47. The normalized spacial score (nSPS) is 10.3. The fourth-order valence-corrected chi connectivity index (χ4v) is 3.20. The van der Waals surface area contributed by atoms with E-state index in [1.807, 2.05) is 30.3 Å². The van der Waals surface area contributed by atoms with E-state index in [0.717, 1.165) is 10.6 Å². The van der Waals surface area contributed by atoms with Gasteiger partial charge >= 0.3 is 0 Å². The quantitative estimate of drug-likeness (QED) is 0.708. The van der Waals surface area contributed by atoms with E-state index in [-0.39, 0.29) is 5.91 Å². The molecule has 1 heterocycles. The molecular weight excluding hydrogens is 352 g/mol. The maximum absolute atomic E-state index is 12.6. The number of hydrogen-bond donors (Lipinski definition) is 1.